The molecule has 1 heterocycles. The first-order chi connectivity index (χ1) is 9.56. The van der Waals surface area contributed by atoms with E-state index in [1.807, 2.05) is 35.7 Å². The van der Waals surface area contributed by atoms with Crippen LogP contribution in [0.25, 0.3) is 10.4 Å². The van der Waals surface area contributed by atoms with Crippen molar-refractivity contribution in [3.63, 3.8) is 0 Å². The lowest BCUT2D eigenvalue weighted by Gasteiger charge is -2.14. The molecule has 0 saturated heterocycles. The summed E-state index contributed by atoms with van der Waals surface area (Å²) in [5.74, 6) is 0.287. The molecule has 3 N–H and O–H groups in total. The third-order valence-corrected chi connectivity index (χ3v) is 3.92. The van der Waals surface area contributed by atoms with Crippen LogP contribution < -0.4 is 11.1 Å². The normalized spacial score (nSPS) is 11.8. The van der Waals surface area contributed by atoms with Gasteiger partial charge in [0.25, 0.3) is 0 Å². The van der Waals surface area contributed by atoms with Crippen molar-refractivity contribution in [3.05, 3.63) is 41.8 Å². The van der Waals surface area contributed by atoms with Crippen LogP contribution in [0.4, 0.5) is 5.69 Å². The van der Waals surface area contributed by atoms with Crippen molar-refractivity contribution in [2.75, 3.05) is 5.32 Å². The molecule has 0 radical (unpaired) electrons. The Bertz CT molecular complexity index is 569. The zero-order valence-electron chi connectivity index (χ0n) is 12.2. The Morgan fingerprint density at radius 3 is 2.67 bits per heavy atom. The standard InChI is InChI=1S/C16H20N2OS.ClH/c1-11(2)9-14(17)16(19)18-13-6-3-5-12(10-13)15-7-4-8-20-15;/h3-8,10-11,14H,9,17H2,1-2H3,(H,18,19);1H/t14-;/m0./s1. The third kappa shape index (κ3) is 5.16. The zero-order valence-corrected chi connectivity index (χ0v) is 13.8. The minimum Gasteiger partial charge on any atom is -0.325 e. The second-order valence-electron chi connectivity index (χ2n) is 5.28. The van der Waals surface area contributed by atoms with Gasteiger partial charge in [-0.3, -0.25) is 4.79 Å². The molecule has 0 aliphatic rings. The van der Waals surface area contributed by atoms with Crippen LogP contribution in [0.15, 0.2) is 41.8 Å². The SMILES string of the molecule is CC(C)C[C@H](N)C(=O)Nc1cccc(-c2cccs2)c1.Cl. The van der Waals surface area contributed by atoms with Gasteiger partial charge in [-0.2, -0.15) is 0 Å². The van der Waals surface area contributed by atoms with Crippen LogP contribution in [0.3, 0.4) is 0 Å². The van der Waals surface area contributed by atoms with Gasteiger partial charge in [0, 0.05) is 10.6 Å². The summed E-state index contributed by atoms with van der Waals surface area (Å²) in [6.07, 6.45) is 0.691. The summed E-state index contributed by atoms with van der Waals surface area (Å²) in [5.41, 5.74) is 7.79. The summed E-state index contributed by atoms with van der Waals surface area (Å²) < 4.78 is 0. The molecule has 0 bridgehead atoms. The Morgan fingerprint density at radius 1 is 1.29 bits per heavy atom. The molecule has 2 aromatic rings. The molecule has 114 valence electrons. The van der Waals surface area contributed by atoms with E-state index < -0.39 is 6.04 Å². The summed E-state index contributed by atoms with van der Waals surface area (Å²) in [6.45, 7) is 4.12. The van der Waals surface area contributed by atoms with Crippen molar-refractivity contribution in [2.24, 2.45) is 11.7 Å². The third-order valence-electron chi connectivity index (χ3n) is 3.00. The molecule has 0 fully saturated rings. The molecule has 0 aliphatic carbocycles. The second-order valence-corrected chi connectivity index (χ2v) is 6.23. The predicted molar refractivity (Wildman–Crippen MR) is 93.1 cm³/mol. The van der Waals surface area contributed by atoms with Gasteiger partial charge in [0.1, 0.15) is 0 Å². The van der Waals surface area contributed by atoms with Crippen molar-refractivity contribution >= 4 is 35.3 Å². The van der Waals surface area contributed by atoms with Crippen molar-refractivity contribution in [1.82, 2.24) is 0 Å². The highest BCUT2D eigenvalue weighted by atomic mass is 35.5. The fourth-order valence-electron chi connectivity index (χ4n) is 2.04. The molecule has 2 rings (SSSR count). The molecule has 0 aliphatic heterocycles. The van der Waals surface area contributed by atoms with E-state index in [1.54, 1.807) is 11.3 Å². The zero-order chi connectivity index (χ0) is 14.5. The van der Waals surface area contributed by atoms with Gasteiger partial charge in [0.05, 0.1) is 6.04 Å². The number of halogens is 1. The molecule has 1 amide bonds. The quantitative estimate of drug-likeness (QED) is 0.868. The van der Waals surface area contributed by atoms with Gasteiger partial charge < -0.3 is 11.1 Å². The number of carbonyl (C=O) groups excluding carboxylic acids is 1. The molecule has 5 heteroatoms. The van der Waals surface area contributed by atoms with Gasteiger partial charge in [-0.15, -0.1) is 23.7 Å². The summed E-state index contributed by atoms with van der Waals surface area (Å²) in [6, 6.07) is 11.5. The highest BCUT2D eigenvalue weighted by Gasteiger charge is 2.15. The van der Waals surface area contributed by atoms with E-state index in [0.717, 1.165) is 11.3 Å². The van der Waals surface area contributed by atoms with Crippen molar-refractivity contribution < 1.29 is 4.79 Å². The van der Waals surface area contributed by atoms with E-state index in [1.165, 1.54) is 4.88 Å². The van der Waals surface area contributed by atoms with Gasteiger partial charge in [-0.05, 0) is 41.5 Å². The molecule has 0 unspecified atom stereocenters. The van der Waals surface area contributed by atoms with Crippen LogP contribution in [0.2, 0.25) is 0 Å². The van der Waals surface area contributed by atoms with E-state index in [2.05, 4.69) is 25.2 Å². The Morgan fingerprint density at radius 2 is 2.05 bits per heavy atom. The van der Waals surface area contributed by atoms with Gasteiger partial charge in [0.15, 0.2) is 0 Å². The maximum atomic E-state index is 12.0. The number of rotatable bonds is 5. The van der Waals surface area contributed by atoms with Gasteiger partial charge in [-0.25, -0.2) is 0 Å². The first-order valence-electron chi connectivity index (χ1n) is 6.76. The monoisotopic (exact) mass is 324 g/mol. The van der Waals surface area contributed by atoms with Crippen molar-refractivity contribution in [3.8, 4) is 10.4 Å². The maximum Gasteiger partial charge on any atom is 0.241 e. The molecule has 0 spiro atoms. The molecule has 1 aromatic carbocycles. The Labute approximate surface area is 136 Å². The Balaban J connectivity index is 0.00000220. The average Bonchev–Trinajstić information content (AvgIpc) is 2.92. The van der Waals surface area contributed by atoms with Gasteiger partial charge in [-0.1, -0.05) is 32.0 Å². The first-order valence-corrected chi connectivity index (χ1v) is 7.64. The number of nitrogens with one attached hydrogen (secondary N) is 1. The first kappa shape index (κ1) is 17.7. The molecule has 0 saturated carbocycles. The summed E-state index contributed by atoms with van der Waals surface area (Å²) in [5, 5.41) is 4.93. The van der Waals surface area contributed by atoms with Crippen LogP contribution in [0.1, 0.15) is 20.3 Å². The van der Waals surface area contributed by atoms with Gasteiger partial charge in [0.2, 0.25) is 5.91 Å². The van der Waals surface area contributed by atoms with Crippen LogP contribution in [0.5, 0.6) is 0 Å². The molecular weight excluding hydrogens is 304 g/mol. The number of anilines is 1. The van der Waals surface area contributed by atoms with Crippen molar-refractivity contribution in [2.45, 2.75) is 26.3 Å². The van der Waals surface area contributed by atoms with Crippen molar-refractivity contribution in [1.29, 1.82) is 0 Å². The van der Waals surface area contributed by atoms with E-state index in [4.69, 9.17) is 5.73 Å². The average molecular weight is 325 g/mol. The Kier molecular flexibility index (Phi) is 6.89. The minimum atomic E-state index is -0.458. The van der Waals surface area contributed by atoms with E-state index in [-0.39, 0.29) is 18.3 Å². The summed E-state index contributed by atoms with van der Waals surface area (Å²) in [4.78, 5) is 13.2. The predicted octanol–water partition coefficient (Wildman–Crippen LogP) is 4.15. The number of carbonyl (C=O) groups is 1. The number of nitrogens with two attached hydrogens (primary N) is 1. The van der Waals surface area contributed by atoms with E-state index in [0.29, 0.717) is 12.3 Å². The number of benzene rings is 1. The summed E-state index contributed by atoms with van der Waals surface area (Å²) in [7, 11) is 0. The van der Waals surface area contributed by atoms with Crippen LogP contribution in [-0.4, -0.2) is 11.9 Å². The minimum absolute atomic E-state index is 0. The molecule has 21 heavy (non-hydrogen) atoms. The highest BCUT2D eigenvalue weighted by molar-refractivity contribution is 7.13. The maximum absolute atomic E-state index is 12.0. The van der Waals surface area contributed by atoms with Crippen LogP contribution in [-0.2, 0) is 4.79 Å². The lowest BCUT2D eigenvalue weighted by atomic mass is 10.0. The molecular formula is C16H21ClN2OS. The Hall–Kier alpha value is -1.36. The molecule has 3 nitrogen and oxygen atoms in total. The highest BCUT2D eigenvalue weighted by Crippen LogP contribution is 2.26. The fourth-order valence-corrected chi connectivity index (χ4v) is 2.77. The number of thiophene rings is 1. The smallest absolute Gasteiger partial charge is 0.241 e. The molecule has 1 aromatic heterocycles. The number of hydrogen-bond donors (Lipinski definition) is 2. The lowest BCUT2D eigenvalue weighted by Crippen LogP contribution is -2.36. The second kappa shape index (κ2) is 8.17. The number of hydrogen-bond acceptors (Lipinski definition) is 3. The molecule has 1 atom stereocenters. The van der Waals surface area contributed by atoms with Crippen LogP contribution in [0, 0.1) is 5.92 Å². The van der Waals surface area contributed by atoms with E-state index >= 15 is 0 Å². The fraction of sp³-hybridized carbons (Fsp3) is 0.312. The topological polar surface area (TPSA) is 55.1 Å². The lowest BCUT2D eigenvalue weighted by molar-refractivity contribution is -0.117. The van der Waals surface area contributed by atoms with Crippen LogP contribution >= 0.6 is 23.7 Å². The summed E-state index contributed by atoms with van der Waals surface area (Å²) >= 11 is 1.68. The van der Waals surface area contributed by atoms with Gasteiger partial charge >= 0.3 is 0 Å². The van der Waals surface area contributed by atoms with E-state index in [9.17, 15) is 4.79 Å². The largest absolute Gasteiger partial charge is 0.325 e. The number of amides is 1.